The van der Waals surface area contributed by atoms with Gasteiger partial charge in [-0.2, -0.15) is 10.1 Å². The number of hydrogen-bond acceptors (Lipinski definition) is 6. The first-order valence-corrected chi connectivity index (χ1v) is 9.55. The van der Waals surface area contributed by atoms with Gasteiger partial charge in [0.05, 0.1) is 5.41 Å². The number of aromatic amines is 1. The Morgan fingerprint density at radius 3 is 2.93 bits per heavy atom. The summed E-state index contributed by atoms with van der Waals surface area (Å²) in [6, 6.07) is 4.14. The molecule has 4 aromatic rings. The van der Waals surface area contributed by atoms with Gasteiger partial charge >= 0.3 is 0 Å². The molecule has 148 valence electrons. The minimum absolute atomic E-state index is 0.172. The molecule has 9 nitrogen and oxygen atoms in total. The fraction of sp³-hybridized carbons (Fsp3) is 0.350. The average Bonchev–Trinajstić information content (AvgIpc) is 3.31. The number of aromatic nitrogens is 6. The number of nitrogens with one attached hydrogen (secondary N) is 2. The molecule has 1 amide bonds. The molecule has 5 rings (SSSR count). The molecule has 0 radical (unpaired) electrons. The summed E-state index contributed by atoms with van der Waals surface area (Å²) < 4.78 is 1.74. The quantitative estimate of drug-likeness (QED) is 0.554. The van der Waals surface area contributed by atoms with Gasteiger partial charge in [-0.25, -0.2) is 14.5 Å². The Morgan fingerprint density at radius 2 is 2.14 bits per heavy atom. The summed E-state index contributed by atoms with van der Waals surface area (Å²) in [5.74, 6) is 0.743. The maximum atomic E-state index is 12.3. The van der Waals surface area contributed by atoms with Crippen LogP contribution in [0.3, 0.4) is 0 Å². The van der Waals surface area contributed by atoms with Gasteiger partial charge in [-0.15, -0.1) is 0 Å². The van der Waals surface area contributed by atoms with E-state index in [2.05, 4.69) is 30.4 Å². The van der Waals surface area contributed by atoms with Crippen LogP contribution in [0.1, 0.15) is 19.8 Å². The van der Waals surface area contributed by atoms with Crippen molar-refractivity contribution in [2.45, 2.75) is 25.8 Å². The second kappa shape index (κ2) is 6.26. The standard InChI is InChI=1S/C20H22N8O/c1-20(18(29)27(2)3)6-13(7-20)25-19-22-9-15-14(8-21-17(15)26-19)12-4-5-16-23-11-24-28(16)10-12/h4-5,8-11,13H,6-7H2,1-3H3,(H2,21,22,25,26)/t13-,20-. The highest BCUT2D eigenvalue weighted by atomic mass is 16.2. The fourth-order valence-corrected chi connectivity index (χ4v) is 4.22. The molecule has 0 aromatic carbocycles. The lowest BCUT2D eigenvalue weighted by molar-refractivity contribution is -0.143. The minimum Gasteiger partial charge on any atom is -0.351 e. The molecule has 0 unspecified atom stereocenters. The maximum Gasteiger partial charge on any atom is 0.228 e. The molecule has 1 saturated carbocycles. The number of H-pyrrole nitrogens is 1. The van der Waals surface area contributed by atoms with Crippen LogP contribution in [-0.2, 0) is 4.79 Å². The number of anilines is 1. The van der Waals surface area contributed by atoms with E-state index in [9.17, 15) is 4.79 Å². The summed E-state index contributed by atoms with van der Waals surface area (Å²) >= 11 is 0. The predicted molar refractivity (Wildman–Crippen MR) is 109 cm³/mol. The molecule has 2 N–H and O–H groups in total. The second-order valence-corrected chi connectivity index (χ2v) is 8.15. The largest absolute Gasteiger partial charge is 0.351 e. The van der Waals surface area contributed by atoms with Crippen molar-refractivity contribution in [2.75, 3.05) is 19.4 Å². The van der Waals surface area contributed by atoms with Gasteiger partial charge in [0.25, 0.3) is 0 Å². The highest BCUT2D eigenvalue weighted by Gasteiger charge is 2.47. The zero-order valence-corrected chi connectivity index (χ0v) is 16.5. The van der Waals surface area contributed by atoms with Gasteiger partial charge in [-0.1, -0.05) is 6.92 Å². The monoisotopic (exact) mass is 390 g/mol. The van der Waals surface area contributed by atoms with Crippen LogP contribution in [0.2, 0.25) is 0 Å². The van der Waals surface area contributed by atoms with Crippen molar-refractivity contribution in [1.82, 2.24) is 34.4 Å². The highest BCUT2D eigenvalue weighted by Crippen LogP contribution is 2.43. The smallest absolute Gasteiger partial charge is 0.228 e. The van der Waals surface area contributed by atoms with Crippen molar-refractivity contribution in [3.05, 3.63) is 37.1 Å². The van der Waals surface area contributed by atoms with E-state index in [1.165, 1.54) is 6.33 Å². The molecule has 0 atom stereocenters. The molecule has 4 aromatic heterocycles. The van der Waals surface area contributed by atoms with E-state index in [0.29, 0.717) is 5.95 Å². The van der Waals surface area contributed by atoms with Crippen LogP contribution in [0.25, 0.3) is 27.8 Å². The molecule has 4 heterocycles. The van der Waals surface area contributed by atoms with Gasteiger partial charge < -0.3 is 15.2 Å². The lowest BCUT2D eigenvalue weighted by Crippen LogP contribution is -2.52. The van der Waals surface area contributed by atoms with E-state index in [1.807, 2.05) is 37.6 Å². The molecule has 0 saturated heterocycles. The van der Waals surface area contributed by atoms with Crippen molar-refractivity contribution in [3.8, 4) is 11.1 Å². The number of amides is 1. The van der Waals surface area contributed by atoms with E-state index in [-0.39, 0.29) is 17.4 Å². The molecule has 0 aliphatic heterocycles. The van der Waals surface area contributed by atoms with Crippen LogP contribution in [0.4, 0.5) is 5.95 Å². The molecule has 29 heavy (non-hydrogen) atoms. The Hall–Kier alpha value is -3.49. The molecule has 0 spiro atoms. The summed E-state index contributed by atoms with van der Waals surface area (Å²) in [6.45, 7) is 2.01. The first-order chi connectivity index (χ1) is 13.9. The SMILES string of the molecule is CN(C)C(=O)[C@]1(C)C[C@@H](Nc2ncc3c(-c4ccc5ncnn5c4)c[nH]c3n2)C1. The van der Waals surface area contributed by atoms with E-state index in [0.717, 1.165) is 40.6 Å². The van der Waals surface area contributed by atoms with Crippen LogP contribution in [0.15, 0.2) is 37.1 Å². The minimum atomic E-state index is -0.301. The molecule has 1 aliphatic rings. The number of nitrogens with zero attached hydrogens (tertiary/aromatic N) is 6. The zero-order chi connectivity index (χ0) is 20.2. The van der Waals surface area contributed by atoms with Gasteiger partial charge in [0.15, 0.2) is 5.65 Å². The molecule has 0 bridgehead atoms. The Labute approximate surface area is 167 Å². The van der Waals surface area contributed by atoms with Crippen molar-refractivity contribution in [1.29, 1.82) is 0 Å². The number of carbonyl (C=O) groups excluding carboxylic acids is 1. The Morgan fingerprint density at radius 1 is 1.31 bits per heavy atom. The van der Waals surface area contributed by atoms with Crippen molar-refractivity contribution >= 4 is 28.5 Å². The molecule has 1 fully saturated rings. The number of carbonyl (C=O) groups is 1. The van der Waals surface area contributed by atoms with Crippen molar-refractivity contribution in [2.24, 2.45) is 5.41 Å². The van der Waals surface area contributed by atoms with Crippen molar-refractivity contribution < 1.29 is 4.79 Å². The number of rotatable bonds is 4. The zero-order valence-electron chi connectivity index (χ0n) is 16.5. The summed E-state index contributed by atoms with van der Waals surface area (Å²) in [4.78, 5) is 30.5. The first kappa shape index (κ1) is 17.6. The fourth-order valence-electron chi connectivity index (χ4n) is 4.22. The lowest BCUT2D eigenvalue weighted by atomic mass is 9.66. The van der Waals surface area contributed by atoms with Gasteiger partial charge in [0, 0.05) is 55.2 Å². The summed E-state index contributed by atoms with van der Waals surface area (Å²) in [7, 11) is 3.60. The topological polar surface area (TPSA) is 104 Å². The van der Waals surface area contributed by atoms with Crippen LogP contribution in [0, 0.1) is 5.41 Å². The third-order valence-electron chi connectivity index (χ3n) is 5.67. The van der Waals surface area contributed by atoms with E-state index >= 15 is 0 Å². The molecular weight excluding hydrogens is 368 g/mol. The van der Waals surface area contributed by atoms with Gasteiger partial charge in [0.2, 0.25) is 11.9 Å². The average molecular weight is 390 g/mol. The van der Waals surface area contributed by atoms with Gasteiger partial charge in [0.1, 0.15) is 12.0 Å². The Bertz CT molecular complexity index is 1220. The lowest BCUT2D eigenvalue weighted by Gasteiger charge is -2.45. The molecule has 9 heteroatoms. The van der Waals surface area contributed by atoms with Crippen LogP contribution >= 0.6 is 0 Å². The third kappa shape index (κ3) is 2.89. The number of fused-ring (bicyclic) bond motifs is 2. The van der Waals surface area contributed by atoms with Gasteiger partial charge in [-0.3, -0.25) is 4.79 Å². The van der Waals surface area contributed by atoms with Crippen LogP contribution < -0.4 is 5.32 Å². The highest BCUT2D eigenvalue weighted by molar-refractivity contribution is 5.93. The molecular formula is C20H22N8O. The van der Waals surface area contributed by atoms with Crippen LogP contribution in [0.5, 0.6) is 0 Å². The number of pyridine rings is 1. The maximum absolute atomic E-state index is 12.3. The van der Waals surface area contributed by atoms with Gasteiger partial charge in [-0.05, 0) is 25.0 Å². The van der Waals surface area contributed by atoms with Crippen molar-refractivity contribution in [3.63, 3.8) is 0 Å². The summed E-state index contributed by atoms with van der Waals surface area (Å²) in [5.41, 5.74) is 3.29. The predicted octanol–water partition coefficient (Wildman–Crippen LogP) is 2.34. The third-order valence-corrected chi connectivity index (χ3v) is 5.67. The van der Waals surface area contributed by atoms with Crippen LogP contribution in [-0.4, -0.2) is 60.5 Å². The van der Waals surface area contributed by atoms with E-state index in [1.54, 1.807) is 23.5 Å². The van der Waals surface area contributed by atoms with E-state index in [4.69, 9.17) is 0 Å². The number of hydrogen-bond donors (Lipinski definition) is 2. The Kier molecular flexibility index (Phi) is 3.80. The second-order valence-electron chi connectivity index (χ2n) is 8.15. The van der Waals surface area contributed by atoms with E-state index < -0.39 is 0 Å². The first-order valence-electron chi connectivity index (χ1n) is 9.55. The summed E-state index contributed by atoms with van der Waals surface area (Å²) in [6.07, 6.45) is 8.78. The summed E-state index contributed by atoms with van der Waals surface area (Å²) in [5, 5.41) is 8.49. The normalized spacial score (nSPS) is 21.3. The molecule has 1 aliphatic carbocycles. The Balaban J connectivity index is 1.35.